The van der Waals surface area contributed by atoms with Gasteiger partial charge in [-0.15, -0.1) is 12.4 Å². The molecule has 0 bridgehead atoms. The van der Waals surface area contributed by atoms with Gasteiger partial charge in [-0.25, -0.2) is 13.4 Å². The van der Waals surface area contributed by atoms with Crippen LogP contribution in [0.5, 0.6) is 0 Å². The SMILES string of the molecule is CS(=O)(=O)c1ccc2nc(N3CCOCC3)sc2c1.Cl. The van der Waals surface area contributed by atoms with Gasteiger partial charge in [-0.05, 0) is 18.2 Å². The van der Waals surface area contributed by atoms with Gasteiger partial charge in [0.1, 0.15) is 0 Å². The number of hydrogen-bond donors (Lipinski definition) is 0. The highest BCUT2D eigenvalue weighted by Crippen LogP contribution is 2.30. The molecular formula is C12H15ClN2O3S2. The Hall–Kier alpha value is -0.890. The third-order valence-electron chi connectivity index (χ3n) is 3.06. The summed E-state index contributed by atoms with van der Waals surface area (Å²) in [6.07, 6.45) is 1.22. The first-order chi connectivity index (χ1) is 9.04. The minimum absolute atomic E-state index is 0. The first-order valence-electron chi connectivity index (χ1n) is 5.97. The van der Waals surface area contributed by atoms with Crippen molar-refractivity contribution in [2.45, 2.75) is 4.90 Å². The second kappa shape index (κ2) is 5.85. The highest BCUT2D eigenvalue weighted by Gasteiger charge is 2.16. The lowest BCUT2D eigenvalue weighted by atomic mass is 10.3. The zero-order valence-electron chi connectivity index (χ0n) is 10.9. The average molecular weight is 335 g/mol. The van der Waals surface area contributed by atoms with Gasteiger partial charge in [0, 0.05) is 19.3 Å². The van der Waals surface area contributed by atoms with E-state index in [-0.39, 0.29) is 12.4 Å². The summed E-state index contributed by atoms with van der Waals surface area (Å²) in [4.78, 5) is 7.07. The van der Waals surface area contributed by atoms with E-state index in [0.29, 0.717) is 18.1 Å². The van der Waals surface area contributed by atoms with Crippen LogP contribution < -0.4 is 4.90 Å². The monoisotopic (exact) mass is 334 g/mol. The molecule has 1 aromatic heterocycles. The molecule has 1 aliphatic rings. The molecule has 5 nitrogen and oxygen atoms in total. The molecule has 2 heterocycles. The molecular weight excluding hydrogens is 320 g/mol. The Morgan fingerprint density at radius 2 is 2.00 bits per heavy atom. The topological polar surface area (TPSA) is 59.5 Å². The number of morpholine rings is 1. The van der Waals surface area contributed by atoms with Crippen LogP contribution in [0.3, 0.4) is 0 Å². The molecule has 0 N–H and O–H groups in total. The molecule has 0 amide bonds. The van der Waals surface area contributed by atoms with Crippen LogP contribution in [0, 0.1) is 0 Å². The Morgan fingerprint density at radius 3 is 2.65 bits per heavy atom. The van der Waals surface area contributed by atoms with Gasteiger partial charge in [0.2, 0.25) is 0 Å². The zero-order chi connectivity index (χ0) is 13.5. The molecule has 20 heavy (non-hydrogen) atoms. The van der Waals surface area contributed by atoms with Crippen LogP contribution in [0.15, 0.2) is 23.1 Å². The number of halogens is 1. The predicted octanol–water partition coefficient (Wildman–Crippen LogP) is 1.96. The van der Waals surface area contributed by atoms with Crippen molar-refractivity contribution in [1.82, 2.24) is 4.98 Å². The lowest BCUT2D eigenvalue weighted by molar-refractivity contribution is 0.122. The first-order valence-corrected chi connectivity index (χ1v) is 8.68. The summed E-state index contributed by atoms with van der Waals surface area (Å²) in [5.74, 6) is 0. The predicted molar refractivity (Wildman–Crippen MR) is 83.0 cm³/mol. The van der Waals surface area contributed by atoms with Crippen molar-refractivity contribution in [3.63, 3.8) is 0 Å². The van der Waals surface area contributed by atoms with E-state index in [0.717, 1.165) is 28.4 Å². The molecule has 110 valence electrons. The minimum Gasteiger partial charge on any atom is -0.378 e. The molecule has 2 aromatic rings. The largest absolute Gasteiger partial charge is 0.378 e. The number of ether oxygens (including phenoxy) is 1. The van der Waals surface area contributed by atoms with E-state index in [1.165, 1.54) is 17.6 Å². The number of aromatic nitrogens is 1. The summed E-state index contributed by atoms with van der Waals surface area (Å²) in [6.45, 7) is 3.09. The van der Waals surface area contributed by atoms with Crippen LogP contribution in [0.1, 0.15) is 0 Å². The fourth-order valence-electron chi connectivity index (χ4n) is 2.01. The maximum absolute atomic E-state index is 11.5. The van der Waals surface area contributed by atoms with E-state index >= 15 is 0 Å². The van der Waals surface area contributed by atoms with Crippen LogP contribution in [0.4, 0.5) is 5.13 Å². The summed E-state index contributed by atoms with van der Waals surface area (Å²) in [6, 6.07) is 5.08. The Bertz CT molecular complexity index is 709. The van der Waals surface area contributed by atoms with Gasteiger partial charge >= 0.3 is 0 Å². The van der Waals surface area contributed by atoms with Crippen LogP contribution in [-0.2, 0) is 14.6 Å². The second-order valence-corrected chi connectivity index (χ2v) is 7.52. The molecule has 0 atom stereocenters. The quantitative estimate of drug-likeness (QED) is 0.840. The van der Waals surface area contributed by atoms with Gasteiger partial charge in [0.05, 0.1) is 28.3 Å². The fourth-order valence-corrected chi connectivity index (χ4v) is 3.79. The van der Waals surface area contributed by atoms with E-state index in [2.05, 4.69) is 9.88 Å². The smallest absolute Gasteiger partial charge is 0.186 e. The number of benzene rings is 1. The fraction of sp³-hybridized carbons (Fsp3) is 0.417. The van der Waals surface area contributed by atoms with Crippen molar-refractivity contribution in [2.75, 3.05) is 37.5 Å². The van der Waals surface area contributed by atoms with Gasteiger partial charge in [-0.2, -0.15) is 0 Å². The van der Waals surface area contributed by atoms with E-state index in [9.17, 15) is 8.42 Å². The lowest BCUT2D eigenvalue weighted by Gasteiger charge is -2.25. The zero-order valence-corrected chi connectivity index (χ0v) is 13.4. The number of anilines is 1. The van der Waals surface area contributed by atoms with Crippen molar-refractivity contribution in [3.05, 3.63) is 18.2 Å². The van der Waals surface area contributed by atoms with E-state index < -0.39 is 9.84 Å². The third-order valence-corrected chi connectivity index (χ3v) is 5.25. The van der Waals surface area contributed by atoms with Crippen molar-refractivity contribution in [3.8, 4) is 0 Å². The molecule has 3 rings (SSSR count). The summed E-state index contributed by atoms with van der Waals surface area (Å²) in [7, 11) is -3.16. The van der Waals surface area contributed by atoms with E-state index in [4.69, 9.17) is 4.74 Å². The van der Waals surface area contributed by atoms with Crippen LogP contribution in [0.25, 0.3) is 10.2 Å². The molecule has 0 unspecified atom stereocenters. The van der Waals surface area contributed by atoms with Gasteiger partial charge in [0.15, 0.2) is 15.0 Å². The lowest BCUT2D eigenvalue weighted by Crippen LogP contribution is -2.36. The molecule has 0 aliphatic carbocycles. The maximum atomic E-state index is 11.5. The Kier molecular flexibility index (Phi) is 4.53. The van der Waals surface area contributed by atoms with Gasteiger partial charge < -0.3 is 9.64 Å². The minimum atomic E-state index is -3.16. The number of rotatable bonds is 2. The third kappa shape index (κ3) is 3.06. The van der Waals surface area contributed by atoms with Gasteiger partial charge in [-0.3, -0.25) is 0 Å². The normalized spacial score (nSPS) is 16.1. The van der Waals surface area contributed by atoms with Crippen LogP contribution in [0.2, 0.25) is 0 Å². The number of nitrogens with zero attached hydrogens (tertiary/aromatic N) is 2. The van der Waals surface area contributed by atoms with Crippen molar-refractivity contribution >= 4 is 48.9 Å². The van der Waals surface area contributed by atoms with Gasteiger partial charge in [0.25, 0.3) is 0 Å². The Balaban J connectivity index is 0.00000147. The number of fused-ring (bicyclic) bond motifs is 1. The second-order valence-electron chi connectivity index (χ2n) is 4.50. The maximum Gasteiger partial charge on any atom is 0.186 e. The summed E-state index contributed by atoms with van der Waals surface area (Å²) in [5.41, 5.74) is 0.846. The molecule has 0 radical (unpaired) electrons. The summed E-state index contributed by atoms with van der Waals surface area (Å²) < 4.78 is 29.3. The molecule has 0 saturated carbocycles. The summed E-state index contributed by atoms with van der Waals surface area (Å²) >= 11 is 1.53. The van der Waals surface area contributed by atoms with Gasteiger partial charge in [-0.1, -0.05) is 11.3 Å². The molecule has 8 heteroatoms. The molecule has 0 spiro atoms. The Morgan fingerprint density at radius 1 is 1.30 bits per heavy atom. The molecule has 1 aliphatic heterocycles. The molecule has 1 saturated heterocycles. The average Bonchev–Trinajstić information content (AvgIpc) is 2.81. The highest BCUT2D eigenvalue weighted by molar-refractivity contribution is 7.90. The van der Waals surface area contributed by atoms with Crippen molar-refractivity contribution < 1.29 is 13.2 Å². The van der Waals surface area contributed by atoms with Crippen molar-refractivity contribution in [1.29, 1.82) is 0 Å². The standard InChI is InChI=1S/C12H14N2O3S2.ClH/c1-19(15,16)9-2-3-10-11(8-9)18-12(13-10)14-4-6-17-7-5-14;/h2-3,8H,4-7H2,1H3;1H. The van der Waals surface area contributed by atoms with Crippen LogP contribution in [-0.4, -0.2) is 46.0 Å². The van der Waals surface area contributed by atoms with E-state index in [1.54, 1.807) is 18.2 Å². The number of thiazole rings is 1. The van der Waals surface area contributed by atoms with Crippen LogP contribution >= 0.6 is 23.7 Å². The van der Waals surface area contributed by atoms with E-state index in [1.807, 2.05) is 0 Å². The molecule has 1 fully saturated rings. The van der Waals surface area contributed by atoms with Crippen molar-refractivity contribution in [2.24, 2.45) is 0 Å². The summed E-state index contributed by atoms with van der Waals surface area (Å²) in [5, 5.41) is 0.934. The molecule has 1 aromatic carbocycles. The number of hydrogen-bond acceptors (Lipinski definition) is 6. The Labute approximate surface area is 127 Å². The highest BCUT2D eigenvalue weighted by atomic mass is 35.5. The number of sulfone groups is 1. The first kappa shape index (κ1) is 15.5.